The molecule has 2 aromatic heterocycles. The van der Waals surface area contributed by atoms with Crippen molar-refractivity contribution in [1.82, 2.24) is 0 Å². The lowest BCUT2D eigenvalue weighted by atomic mass is 9.88. The minimum atomic E-state index is -0.858. The van der Waals surface area contributed by atoms with Gasteiger partial charge in [0.25, 0.3) is 0 Å². The largest absolute Gasteiger partial charge is 0.477 e. The molecule has 0 amide bonds. The molecule has 63 heavy (non-hydrogen) atoms. The van der Waals surface area contributed by atoms with Crippen LogP contribution in [0.25, 0.3) is 11.1 Å². The second-order valence-corrected chi connectivity index (χ2v) is 19.5. The topological polar surface area (TPSA) is 145 Å². The van der Waals surface area contributed by atoms with Gasteiger partial charge >= 0.3 is 11.9 Å². The zero-order valence-corrected chi connectivity index (χ0v) is 39.3. The number of thiophene rings is 2. The van der Waals surface area contributed by atoms with Crippen molar-refractivity contribution in [3.8, 4) is 0 Å². The lowest BCUT2D eigenvalue weighted by molar-refractivity contribution is 0.0605. The highest BCUT2D eigenvalue weighted by molar-refractivity contribution is 7.14. The fourth-order valence-corrected chi connectivity index (χ4v) is 11.1. The van der Waals surface area contributed by atoms with Gasteiger partial charge in [0, 0.05) is 9.75 Å². The third-order valence-electron chi connectivity index (χ3n) is 12.8. The number of carbonyl (C=O) groups excluding carboxylic acids is 1. The molecule has 2 aliphatic carbocycles. The molecular weight excluding hydrogens is 829 g/mol. The van der Waals surface area contributed by atoms with Crippen LogP contribution in [-0.4, -0.2) is 57.8 Å². The van der Waals surface area contributed by atoms with E-state index in [2.05, 4.69) is 38.1 Å². The van der Waals surface area contributed by atoms with E-state index in [4.69, 9.17) is 9.84 Å². The van der Waals surface area contributed by atoms with Gasteiger partial charge in [0.2, 0.25) is 0 Å². The lowest BCUT2D eigenvalue weighted by Gasteiger charge is -2.17. The number of benzene rings is 2. The number of methoxy groups -OCH3 is 1. The summed E-state index contributed by atoms with van der Waals surface area (Å²) in [6.45, 7) is 4.55. The molecule has 4 aromatic rings. The summed E-state index contributed by atoms with van der Waals surface area (Å²) in [6.07, 6.45) is 17.5. The minimum Gasteiger partial charge on any atom is -0.477 e. The number of aliphatic hydroxyl groups is 4. The number of rotatable bonds is 24. The van der Waals surface area contributed by atoms with Crippen molar-refractivity contribution in [3.05, 3.63) is 126 Å². The summed E-state index contributed by atoms with van der Waals surface area (Å²) >= 11 is 2.87. The maximum Gasteiger partial charge on any atom is 0.348 e. The van der Waals surface area contributed by atoms with E-state index in [9.17, 15) is 30.0 Å². The van der Waals surface area contributed by atoms with E-state index in [0.717, 1.165) is 148 Å². The molecule has 6 rings (SSSR count). The van der Waals surface area contributed by atoms with Crippen LogP contribution in [0.5, 0.6) is 0 Å². The first-order valence-electron chi connectivity index (χ1n) is 23.3. The standard InChI is InChI=1S/C27H36O4S.C26H34O4S/c1-3-4-5-9-24(29)19-10-12-21(13-11-19)26-20(14-15-22(26)18-28)7-6-8-23-16-17-25(32-23)27(30)31-2;1-2-3-4-8-23(28)18-9-11-20(12-10-18)25-19(13-14-21(25)17-27)6-5-7-22-15-16-24(31-22)26(29)30/h10-13,16-17,20,24,28-29H,3-9,14-15,18H2,1-2H3;9-12,15-16,19,23,27-28H,2-8,13-14,17H2,1H3,(H,29,30)/t20-,24?;19-,23?/m00/s1. The monoisotopic (exact) mass is 898 g/mol. The van der Waals surface area contributed by atoms with Crippen molar-refractivity contribution in [3.63, 3.8) is 0 Å². The zero-order chi connectivity index (χ0) is 45.1. The van der Waals surface area contributed by atoms with Crippen molar-refractivity contribution in [2.24, 2.45) is 11.8 Å². The van der Waals surface area contributed by atoms with E-state index in [1.54, 1.807) is 6.07 Å². The average molecular weight is 899 g/mol. The van der Waals surface area contributed by atoms with Crippen LogP contribution in [-0.2, 0) is 17.6 Å². The predicted molar refractivity (Wildman–Crippen MR) is 257 cm³/mol. The molecule has 10 heteroatoms. The number of carboxylic acid groups (broad SMARTS) is 1. The highest BCUT2D eigenvalue weighted by atomic mass is 32.1. The van der Waals surface area contributed by atoms with Crippen LogP contribution in [0.3, 0.4) is 0 Å². The van der Waals surface area contributed by atoms with Gasteiger partial charge in [-0.05, 0) is 158 Å². The number of carbonyl (C=O) groups is 2. The molecule has 4 atom stereocenters. The molecule has 2 unspecified atom stereocenters. The van der Waals surface area contributed by atoms with Crippen LogP contribution in [0.15, 0.2) is 83.9 Å². The Bertz CT molecular complexity index is 2080. The Morgan fingerprint density at radius 1 is 0.619 bits per heavy atom. The second kappa shape index (κ2) is 26.2. The first-order valence-corrected chi connectivity index (χ1v) is 24.9. The summed E-state index contributed by atoms with van der Waals surface area (Å²) in [4.78, 5) is 26.1. The Kier molecular flexibility index (Phi) is 20.8. The highest BCUT2D eigenvalue weighted by Crippen LogP contribution is 2.43. The predicted octanol–water partition coefficient (Wildman–Crippen LogP) is 12.6. The Hall–Kier alpha value is -3.90. The van der Waals surface area contributed by atoms with Gasteiger partial charge in [-0.15, -0.1) is 22.7 Å². The van der Waals surface area contributed by atoms with Gasteiger partial charge in [-0.3, -0.25) is 0 Å². The third-order valence-corrected chi connectivity index (χ3v) is 15.1. The normalized spacial score (nSPS) is 17.2. The van der Waals surface area contributed by atoms with Gasteiger partial charge < -0.3 is 30.3 Å². The van der Waals surface area contributed by atoms with E-state index in [0.29, 0.717) is 21.6 Å². The van der Waals surface area contributed by atoms with Gasteiger partial charge in [-0.1, -0.05) is 101 Å². The fraction of sp³-hybridized carbons (Fsp3) is 0.509. The van der Waals surface area contributed by atoms with Gasteiger partial charge in [-0.2, -0.15) is 0 Å². The van der Waals surface area contributed by atoms with Crippen LogP contribution < -0.4 is 0 Å². The highest BCUT2D eigenvalue weighted by Gasteiger charge is 2.28. The molecule has 0 aliphatic heterocycles. The summed E-state index contributed by atoms with van der Waals surface area (Å²) in [5.41, 5.74) is 9.11. The van der Waals surface area contributed by atoms with E-state index in [1.807, 2.05) is 42.5 Å². The van der Waals surface area contributed by atoms with Gasteiger partial charge in [-0.25, -0.2) is 9.59 Å². The maximum absolute atomic E-state index is 11.7. The molecule has 0 fully saturated rings. The lowest BCUT2D eigenvalue weighted by Crippen LogP contribution is -2.03. The number of allylic oxidation sites excluding steroid dienone is 2. The number of hydrogen-bond acceptors (Lipinski definition) is 9. The maximum atomic E-state index is 11.7. The number of aliphatic hydroxyl groups excluding tert-OH is 4. The molecule has 0 spiro atoms. The summed E-state index contributed by atoms with van der Waals surface area (Å²) < 4.78 is 4.80. The van der Waals surface area contributed by atoms with Crippen molar-refractivity contribution < 1.29 is 39.9 Å². The van der Waals surface area contributed by atoms with E-state index < -0.39 is 18.2 Å². The van der Waals surface area contributed by atoms with E-state index >= 15 is 0 Å². The van der Waals surface area contributed by atoms with Crippen molar-refractivity contribution in [2.75, 3.05) is 20.3 Å². The summed E-state index contributed by atoms with van der Waals surface area (Å²) in [7, 11) is 1.41. The molecule has 0 radical (unpaired) electrons. The molecule has 342 valence electrons. The number of unbranched alkanes of at least 4 members (excludes halogenated alkanes) is 4. The summed E-state index contributed by atoms with van der Waals surface area (Å²) in [5.74, 6) is -0.267. The minimum absolute atomic E-state index is 0.0973. The second-order valence-electron chi connectivity index (χ2n) is 17.2. The van der Waals surface area contributed by atoms with Crippen LogP contribution in [0.4, 0.5) is 0 Å². The molecule has 2 aliphatic rings. The average Bonchev–Trinajstić information content (AvgIpc) is 4.14. The molecule has 0 saturated heterocycles. The smallest absolute Gasteiger partial charge is 0.348 e. The number of aromatic carboxylic acids is 1. The third kappa shape index (κ3) is 14.6. The number of hydrogen-bond donors (Lipinski definition) is 5. The van der Waals surface area contributed by atoms with Crippen LogP contribution in [0.2, 0.25) is 0 Å². The molecule has 2 aromatic carbocycles. The van der Waals surface area contributed by atoms with E-state index in [1.165, 1.54) is 51.4 Å². The Morgan fingerprint density at radius 3 is 1.43 bits per heavy atom. The van der Waals surface area contributed by atoms with Gasteiger partial charge in [0.05, 0.1) is 32.5 Å². The van der Waals surface area contributed by atoms with Crippen molar-refractivity contribution in [1.29, 1.82) is 0 Å². The zero-order valence-electron chi connectivity index (χ0n) is 37.7. The molecule has 8 nitrogen and oxygen atoms in total. The van der Waals surface area contributed by atoms with Crippen LogP contribution in [0.1, 0.15) is 180 Å². The SMILES string of the molecule is CCCCCC(O)c1ccc(C2=C(CO)CC[C@@H]2CCCc2ccc(C(=O)O)s2)cc1.CCCCCC(O)c1ccc(C2=C(CO)CC[C@@H]2CCCc2ccc(C(=O)OC)s2)cc1. The summed E-state index contributed by atoms with van der Waals surface area (Å²) in [6, 6.07) is 24.0. The molecule has 5 N–H and O–H groups in total. The van der Waals surface area contributed by atoms with Gasteiger partial charge in [0.1, 0.15) is 9.75 Å². The first-order chi connectivity index (χ1) is 30.6. The first kappa shape index (κ1) is 50.1. The molecular formula is C53H70O8S2. The van der Waals surface area contributed by atoms with Crippen LogP contribution >= 0.6 is 22.7 Å². The number of esters is 1. The molecule has 0 saturated carbocycles. The Morgan fingerprint density at radius 2 is 1.05 bits per heavy atom. The fourth-order valence-electron chi connectivity index (χ4n) is 9.29. The molecule has 2 heterocycles. The van der Waals surface area contributed by atoms with Crippen LogP contribution in [0, 0.1) is 11.8 Å². The van der Waals surface area contributed by atoms with Crippen molar-refractivity contribution >= 4 is 45.8 Å². The number of carboxylic acids is 1. The Labute approximate surface area is 383 Å². The number of ether oxygens (including phenoxy) is 1. The quantitative estimate of drug-likeness (QED) is 0.0345. The summed E-state index contributed by atoms with van der Waals surface area (Å²) in [5, 5.41) is 49.8. The number of aryl methyl sites for hydroxylation is 2. The van der Waals surface area contributed by atoms with Gasteiger partial charge in [0.15, 0.2) is 0 Å². The van der Waals surface area contributed by atoms with Crippen molar-refractivity contribution in [2.45, 2.75) is 142 Å². The van der Waals surface area contributed by atoms with E-state index in [-0.39, 0.29) is 19.2 Å². The molecule has 0 bridgehead atoms. The Balaban J connectivity index is 0.000000238.